The van der Waals surface area contributed by atoms with Gasteiger partial charge in [-0.05, 0) is 18.1 Å². The van der Waals surface area contributed by atoms with Crippen LogP contribution in [-0.4, -0.2) is 16.2 Å². The molecule has 0 saturated heterocycles. The van der Waals surface area contributed by atoms with Crippen molar-refractivity contribution in [2.45, 2.75) is 26.2 Å². The van der Waals surface area contributed by atoms with Gasteiger partial charge >= 0.3 is 5.97 Å². The number of benzene rings is 1. The van der Waals surface area contributed by atoms with Crippen LogP contribution in [0.4, 0.5) is 8.78 Å². The zero-order chi connectivity index (χ0) is 13.2. The van der Waals surface area contributed by atoms with Crippen molar-refractivity contribution < 1.29 is 23.8 Å². The van der Waals surface area contributed by atoms with E-state index in [9.17, 15) is 18.7 Å². The molecule has 0 aliphatic heterocycles. The number of aliphatic carboxylic acids is 1. The lowest BCUT2D eigenvalue weighted by molar-refractivity contribution is -0.141. The first-order valence-corrected chi connectivity index (χ1v) is 5.15. The lowest BCUT2D eigenvalue weighted by Gasteiger charge is -2.16. The third-order valence-corrected chi connectivity index (χ3v) is 2.54. The minimum absolute atomic E-state index is 0.0189. The average Bonchev–Trinajstić information content (AvgIpc) is 2.19. The van der Waals surface area contributed by atoms with E-state index in [0.29, 0.717) is 6.92 Å². The van der Waals surface area contributed by atoms with Crippen LogP contribution in [-0.2, 0) is 17.1 Å². The first kappa shape index (κ1) is 13.4. The monoisotopic (exact) mass is 244 g/mol. The fourth-order valence-electron chi connectivity index (χ4n) is 1.53. The summed E-state index contributed by atoms with van der Waals surface area (Å²) in [7, 11) is 0. The van der Waals surface area contributed by atoms with E-state index in [-0.39, 0.29) is 12.0 Å². The molecule has 0 heterocycles. The SMILES string of the molecule is CC(Cc1cccc(C(C)(F)F)c1O)C(=O)O. The standard InChI is InChI=1S/C12H14F2O3/c1-7(11(16)17)6-8-4-3-5-9(10(8)15)12(2,13)14/h3-5,7,15H,6H2,1-2H3,(H,16,17). The second-order valence-corrected chi connectivity index (χ2v) is 4.15. The minimum atomic E-state index is -3.15. The Balaban J connectivity index is 3.07. The molecule has 0 bridgehead atoms. The van der Waals surface area contributed by atoms with E-state index >= 15 is 0 Å². The number of rotatable bonds is 4. The Morgan fingerprint density at radius 2 is 2.06 bits per heavy atom. The highest BCUT2D eigenvalue weighted by molar-refractivity contribution is 5.70. The fraction of sp³-hybridized carbons (Fsp3) is 0.417. The molecule has 0 spiro atoms. The van der Waals surface area contributed by atoms with Crippen molar-refractivity contribution in [1.29, 1.82) is 0 Å². The van der Waals surface area contributed by atoms with Crippen LogP contribution in [0.1, 0.15) is 25.0 Å². The highest BCUT2D eigenvalue weighted by Gasteiger charge is 2.29. The van der Waals surface area contributed by atoms with Crippen molar-refractivity contribution in [3.63, 3.8) is 0 Å². The molecular weight excluding hydrogens is 230 g/mol. The minimum Gasteiger partial charge on any atom is -0.507 e. The van der Waals surface area contributed by atoms with E-state index in [0.717, 1.165) is 6.07 Å². The maximum atomic E-state index is 13.1. The van der Waals surface area contributed by atoms with Gasteiger partial charge < -0.3 is 10.2 Å². The quantitative estimate of drug-likeness (QED) is 0.856. The summed E-state index contributed by atoms with van der Waals surface area (Å²) in [5, 5.41) is 18.4. The fourth-order valence-corrected chi connectivity index (χ4v) is 1.53. The van der Waals surface area contributed by atoms with Crippen LogP contribution in [0.2, 0.25) is 0 Å². The maximum Gasteiger partial charge on any atom is 0.306 e. The average molecular weight is 244 g/mol. The van der Waals surface area contributed by atoms with E-state index in [4.69, 9.17) is 5.11 Å². The van der Waals surface area contributed by atoms with Gasteiger partial charge in [-0.2, -0.15) is 0 Å². The smallest absolute Gasteiger partial charge is 0.306 e. The number of halogens is 2. The van der Waals surface area contributed by atoms with E-state index in [1.54, 1.807) is 0 Å². The van der Waals surface area contributed by atoms with Crippen LogP contribution < -0.4 is 0 Å². The number of carboxylic acid groups (broad SMARTS) is 1. The molecule has 17 heavy (non-hydrogen) atoms. The Morgan fingerprint density at radius 1 is 1.47 bits per heavy atom. The van der Waals surface area contributed by atoms with E-state index in [2.05, 4.69) is 0 Å². The van der Waals surface area contributed by atoms with Gasteiger partial charge in [0, 0.05) is 6.92 Å². The molecule has 0 aromatic heterocycles. The summed E-state index contributed by atoms with van der Waals surface area (Å²) >= 11 is 0. The van der Waals surface area contributed by atoms with Crippen LogP contribution in [0, 0.1) is 5.92 Å². The molecule has 1 rings (SSSR count). The summed E-state index contributed by atoms with van der Waals surface area (Å²) in [4.78, 5) is 10.7. The molecule has 1 aromatic rings. The molecule has 1 aromatic carbocycles. The molecule has 0 radical (unpaired) electrons. The molecule has 0 amide bonds. The lowest BCUT2D eigenvalue weighted by Crippen LogP contribution is -2.14. The maximum absolute atomic E-state index is 13.1. The Morgan fingerprint density at radius 3 is 2.53 bits per heavy atom. The lowest BCUT2D eigenvalue weighted by atomic mass is 9.96. The highest BCUT2D eigenvalue weighted by Crippen LogP contribution is 2.36. The van der Waals surface area contributed by atoms with Crippen LogP contribution in [0.5, 0.6) is 5.75 Å². The zero-order valence-electron chi connectivity index (χ0n) is 9.58. The molecular formula is C12H14F2O3. The van der Waals surface area contributed by atoms with E-state index in [1.165, 1.54) is 19.1 Å². The predicted octanol–water partition coefficient (Wildman–Crippen LogP) is 2.77. The Kier molecular flexibility index (Phi) is 3.70. The van der Waals surface area contributed by atoms with Crippen molar-refractivity contribution in [1.82, 2.24) is 0 Å². The molecule has 5 heteroatoms. The largest absolute Gasteiger partial charge is 0.507 e. The van der Waals surface area contributed by atoms with Gasteiger partial charge in [0.1, 0.15) is 5.75 Å². The molecule has 1 unspecified atom stereocenters. The molecule has 0 aliphatic carbocycles. The van der Waals surface area contributed by atoms with Gasteiger partial charge in [-0.15, -0.1) is 0 Å². The molecule has 94 valence electrons. The summed E-state index contributed by atoms with van der Waals surface area (Å²) < 4.78 is 26.2. The summed E-state index contributed by atoms with van der Waals surface area (Å²) in [6.07, 6.45) is 0.0189. The van der Waals surface area contributed by atoms with Crippen LogP contribution in [0.25, 0.3) is 0 Å². The van der Waals surface area contributed by atoms with Crippen LogP contribution >= 0.6 is 0 Å². The Bertz CT molecular complexity index is 424. The molecule has 0 fully saturated rings. The van der Waals surface area contributed by atoms with Gasteiger partial charge in [-0.3, -0.25) is 4.79 Å². The van der Waals surface area contributed by atoms with Crippen molar-refractivity contribution in [2.75, 3.05) is 0 Å². The molecule has 0 saturated carbocycles. The second kappa shape index (κ2) is 4.69. The highest BCUT2D eigenvalue weighted by atomic mass is 19.3. The van der Waals surface area contributed by atoms with Crippen molar-refractivity contribution in [2.24, 2.45) is 5.92 Å². The first-order valence-electron chi connectivity index (χ1n) is 5.15. The van der Waals surface area contributed by atoms with E-state index < -0.39 is 29.1 Å². The number of aromatic hydroxyl groups is 1. The summed E-state index contributed by atoms with van der Waals surface area (Å²) in [5.74, 6) is -5.43. The normalized spacial score (nSPS) is 13.4. The topological polar surface area (TPSA) is 57.5 Å². The van der Waals surface area contributed by atoms with Crippen molar-refractivity contribution in [3.05, 3.63) is 29.3 Å². The van der Waals surface area contributed by atoms with E-state index in [1.807, 2.05) is 0 Å². The molecule has 0 aliphatic rings. The second-order valence-electron chi connectivity index (χ2n) is 4.15. The van der Waals surface area contributed by atoms with Crippen LogP contribution in [0.3, 0.4) is 0 Å². The third-order valence-electron chi connectivity index (χ3n) is 2.54. The molecule has 2 N–H and O–H groups in total. The van der Waals surface area contributed by atoms with Gasteiger partial charge in [0.25, 0.3) is 5.92 Å². The van der Waals surface area contributed by atoms with Crippen molar-refractivity contribution >= 4 is 5.97 Å². The number of carbonyl (C=O) groups is 1. The van der Waals surface area contributed by atoms with Crippen LogP contribution in [0.15, 0.2) is 18.2 Å². The summed E-state index contributed by atoms with van der Waals surface area (Å²) in [6, 6.07) is 3.96. The van der Waals surface area contributed by atoms with Gasteiger partial charge in [0.15, 0.2) is 0 Å². The molecule has 3 nitrogen and oxygen atoms in total. The zero-order valence-corrected chi connectivity index (χ0v) is 9.58. The Hall–Kier alpha value is -1.65. The molecule has 1 atom stereocenters. The van der Waals surface area contributed by atoms with Gasteiger partial charge in [0.2, 0.25) is 0 Å². The number of hydrogen-bond acceptors (Lipinski definition) is 2. The predicted molar refractivity (Wildman–Crippen MR) is 58.2 cm³/mol. The van der Waals surface area contributed by atoms with Gasteiger partial charge in [-0.1, -0.05) is 19.1 Å². The third kappa shape index (κ3) is 3.15. The summed E-state index contributed by atoms with van der Waals surface area (Å²) in [5.41, 5.74) is -0.258. The number of para-hydroxylation sites is 1. The summed E-state index contributed by atoms with van der Waals surface area (Å²) in [6.45, 7) is 2.14. The van der Waals surface area contributed by atoms with Gasteiger partial charge in [0.05, 0.1) is 11.5 Å². The number of carboxylic acids is 1. The number of phenols is 1. The van der Waals surface area contributed by atoms with Gasteiger partial charge in [-0.25, -0.2) is 8.78 Å². The first-order chi connectivity index (χ1) is 7.73. The Labute approximate surface area is 97.7 Å². The van der Waals surface area contributed by atoms with Crippen molar-refractivity contribution in [3.8, 4) is 5.75 Å². The number of alkyl halides is 2. The number of phenolic OH excluding ortho intramolecular Hbond substituents is 1. The number of hydrogen-bond donors (Lipinski definition) is 2.